The lowest BCUT2D eigenvalue weighted by Gasteiger charge is -2.60. The molecule has 4 aliphatic carbocycles. The number of aromatic nitrogens is 2. The topological polar surface area (TPSA) is 46.9 Å². The first kappa shape index (κ1) is 21.5. The quantitative estimate of drug-likeness (QED) is 0.333. The van der Waals surface area contributed by atoms with Crippen LogP contribution in [0.15, 0.2) is 28.1 Å². The minimum atomic E-state index is -0.709. The SMILES string of the molecule is CC1(C)C2CCC(CNC(=O)c3nn(-c4ccc(F)cc4F)c4c3Cc3sc(Br)cc3-4)C1C2. The van der Waals surface area contributed by atoms with E-state index in [4.69, 9.17) is 0 Å². The number of hydrogen-bond acceptors (Lipinski definition) is 3. The van der Waals surface area contributed by atoms with Gasteiger partial charge in [-0.2, -0.15) is 5.10 Å². The highest BCUT2D eigenvalue weighted by Gasteiger charge is 2.54. The Morgan fingerprint density at radius 3 is 2.85 bits per heavy atom. The van der Waals surface area contributed by atoms with Crippen molar-refractivity contribution < 1.29 is 13.6 Å². The summed E-state index contributed by atoms with van der Waals surface area (Å²) in [5, 5.41) is 7.69. The molecule has 2 heterocycles. The average molecular weight is 532 g/mol. The summed E-state index contributed by atoms with van der Waals surface area (Å²) in [6.07, 6.45) is 4.22. The van der Waals surface area contributed by atoms with Gasteiger partial charge in [0.05, 0.1) is 9.48 Å². The fourth-order valence-electron chi connectivity index (χ4n) is 6.31. The largest absolute Gasteiger partial charge is 0.350 e. The molecule has 0 saturated heterocycles. The molecule has 2 aromatic heterocycles. The minimum absolute atomic E-state index is 0.136. The van der Waals surface area contributed by atoms with E-state index in [2.05, 4.69) is 40.2 Å². The maximum atomic E-state index is 14.7. The van der Waals surface area contributed by atoms with Crippen LogP contribution in [0.1, 0.15) is 54.0 Å². The molecule has 1 N–H and O–H groups in total. The second-order valence-corrected chi connectivity index (χ2v) is 12.7. The summed E-state index contributed by atoms with van der Waals surface area (Å²) in [7, 11) is 0. The van der Waals surface area contributed by atoms with E-state index < -0.39 is 11.6 Å². The highest BCUT2D eigenvalue weighted by atomic mass is 79.9. The van der Waals surface area contributed by atoms with Crippen LogP contribution in [-0.2, 0) is 6.42 Å². The van der Waals surface area contributed by atoms with Crippen molar-refractivity contribution in [3.8, 4) is 16.9 Å². The van der Waals surface area contributed by atoms with Gasteiger partial charge in [0.1, 0.15) is 11.5 Å². The van der Waals surface area contributed by atoms with Crippen molar-refractivity contribution in [1.82, 2.24) is 15.1 Å². The monoisotopic (exact) mass is 531 g/mol. The van der Waals surface area contributed by atoms with Crippen LogP contribution in [0.4, 0.5) is 8.78 Å². The fraction of sp³-hybridized carbons (Fsp3) is 0.440. The molecule has 0 spiro atoms. The van der Waals surface area contributed by atoms with Gasteiger partial charge in [0.15, 0.2) is 11.5 Å². The molecular weight excluding hydrogens is 508 g/mol. The minimum Gasteiger partial charge on any atom is -0.350 e. The van der Waals surface area contributed by atoms with E-state index >= 15 is 0 Å². The molecule has 4 nitrogen and oxygen atoms in total. The van der Waals surface area contributed by atoms with Crippen LogP contribution < -0.4 is 5.32 Å². The summed E-state index contributed by atoms with van der Waals surface area (Å²) < 4.78 is 30.7. The van der Waals surface area contributed by atoms with Crippen LogP contribution in [0.3, 0.4) is 0 Å². The van der Waals surface area contributed by atoms with E-state index in [-0.39, 0.29) is 11.6 Å². The number of thiophene rings is 1. The van der Waals surface area contributed by atoms with Gasteiger partial charge < -0.3 is 5.32 Å². The molecule has 3 saturated carbocycles. The van der Waals surface area contributed by atoms with Gasteiger partial charge in [-0.05, 0) is 76.6 Å². The van der Waals surface area contributed by atoms with E-state index in [0.29, 0.717) is 41.6 Å². The van der Waals surface area contributed by atoms with Gasteiger partial charge in [-0.1, -0.05) is 13.8 Å². The zero-order valence-electron chi connectivity index (χ0n) is 18.4. The molecule has 33 heavy (non-hydrogen) atoms. The first-order valence-corrected chi connectivity index (χ1v) is 13.0. The van der Waals surface area contributed by atoms with Crippen molar-refractivity contribution in [1.29, 1.82) is 0 Å². The zero-order chi connectivity index (χ0) is 23.1. The lowest BCUT2D eigenvalue weighted by atomic mass is 9.45. The number of carbonyl (C=O) groups excluding carboxylic acids is 1. The number of nitrogens with zero attached hydrogens (tertiary/aromatic N) is 2. The second-order valence-electron chi connectivity index (χ2n) is 10.2. The Morgan fingerprint density at radius 1 is 1.30 bits per heavy atom. The first-order chi connectivity index (χ1) is 15.7. The van der Waals surface area contributed by atoms with Crippen LogP contribution in [0.25, 0.3) is 16.9 Å². The number of amides is 1. The van der Waals surface area contributed by atoms with Crippen LogP contribution >= 0.6 is 27.3 Å². The summed E-state index contributed by atoms with van der Waals surface area (Å²) in [4.78, 5) is 14.4. The van der Waals surface area contributed by atoms with E-state index in [1.54, 1.807) is 11.3 Å². The Hall–Kier alpha value is -2.06. The summed E-state index contributed by atoms with van der Waals surface area (Å²) in [6, 6.07) is 5.40. The third-order valence-corrected chi connectivity index (χ3v) is 9.87. The molecular formula is C25H24BrF2N3OS. The zero-order valence-corrected chi connectivity index (χ0v) is 20.8. The maximum Gasteiger partial charge on any atom is 0.272 e. The number of benzene rings is 1. The fourth-order valence-corrected chi connectivity index (χ4v) is 8.02. The Kier molecular flexibility index (Phi) is 4.86. The van der Waals surface area contributed by atoms with E-state index in [1.165, 1.54) is 29.7 Å². The highest BCUT2D eigenvalue weighted by Crippen LogP contribution is 2.61. The molecule has 0 aliphatic heterocycles. The number of nitrogens with one attached hydrogen (secondary N) is 1. The Balaban J connectivity index is 1.33. The molecule has 1 aromatic carbocycles. The summed E-state index contributed by atoms with van der Waals surface area (Å²) >= 11 is 5.12. The lowest BCUT2D eigenvalue weighted by molar-refractivity contribution is -0.103. The smallest absolute Gasteiger partial charge is 0.272 e. The van der Waals surface area contributed by atoms with Crippen LogP contribution in [0.2, 0.25) is 0 Å². The highest BCUT2D eigenvalue weighted by molar-refractivity contribution is 9.11. The molecule has 4 aliphatic rings. The summed E-state index contributed by atoms with van der Waals surface area (Å²) in [5.74, 6) is 0.372. The Morgan fingerprint density at radius 2 is 2.12 bits per heavy atom. The number of hydrogen-bond donors (Lipinski definition) is 1. The number of rotatable bonds is 4. The van der Waals surface area contributed by atoms with Gasteiger partial charge in [0, 0.05) is 35.0 Å². The third kappa shape index (κ3) is 3.24. The second kappa shape index (κ2) is 7.47. The van der Waals surface area contributed by atoms with E-state index in [0.717, 1.165) is 38.2 Å². The van der Waals surface area contributed by atoms with Crippen molar-refractivity contribution >= 4 is 33.2 Å². The number of halogens is 3. The maximum absolute atomic E-state index is 14.7. The Labute approximate surface area is 203 Å². The van der Waals surface area contributed by atoms with Crippen LogP contribution in [0, 0.1) is 34.8 Å². The van der Waals surface area contributed by atoms with Crippen molar-refractivity contribution in [2.24, 2.45) is 23.2 Å². The lowest BCUT2D eigenvalue weighted by Crippen LogP contribution is -2.54. The van der Waals surface area contributed by atoms with Crippen molar-refractivity contribution in [2.45, 2.75) is 39.5 Å². The molecule has 1 amide bonds. The van der Waals surface area contributed by atoms with Gasteiger partial charge >= 0.3 is 0 Å². The van der Waals surface area contributed by atoms with Crippen LogP contribution in [0.5, 0.6) is 0 Å². The summed E-state index contributed by atoms with van der Waals surface area (Å²) in [5.41, 5.74) is 3.27. The molecule has 2 bridgehead atoms. The van der Waals surface area contributed by atoms with E-state index in [9.17, 15) is 13.6 Å². The molecule has 0 radical (unpaired) electrons. The van der Waals surface area contributed by atoms with Gasteiger partial charge in [0.2, 0.25) is 0 Å². The standard InChI is InChI=1S/C25H24BrF2N3OS/c1-25(2)13-4-3-12(17(25)7-13)11-29-24(32)22-16-9-20-15(10-21(26)33-20)23(16)31(30-22)19-6-5-14(27)8-18(19)28/h5-6,8,10,12-13,17H,3-4,7,9,11H2,1-2H3,(H,29,32). The van der Waals surface area contributed by atoms with Gasteiger partial charge in [0.25, 0.3) is 5.91 Å². The first-order valence-electron chi connectivity index (χ1n) is 11.4. The van der Waals surface area contributed by atoms with Crippen molar-refractivity contribution in [2.75, 3.05) is 6.54 Å². The predicted octanol–water partition coefficient (Wildman–Crippen LogP) is 6.35. The summed E-state index contributed by atoms with van der Waals surface area (Å²) in [6.45, 7) is 5.34. The van der Waals surface area contributed by atoms with Gasteiger partial charge in [-0.3, -0.25) is 4.79 Å². The number of carbonyl (C=O) groups is 1. The molecule has 7 rings (SSSR count). The normalized spacial score (nSPS) is 24.2. The van der Waals surface area contributed by atoms with Gasteiger partial charge in [-0.25, -0.2) is 13.5 Å². The predicted molar refractivity (Wildman–Crippen MR) is 128 cm³/mol. The Bertz CT molecular complexity index is 1300. The third-order valence-electron chi connectivity index (χ3n) is 8.23. The average Bonchev–Trinajstić information content (AvgIpc) is 3.41. The van der Waals surface area contributed by atoms with Crippen LogP contribution in [-0.4, -0.2) is 22.2 Å². The molecule has 172 valence electrons. The number of fused-ring (bicyclic) bond motifs is 5. The molecule has 3 fully saturated rings. The molecule has 8 heteroatoms. The molecule has 3 unspecified atom stereocenters. The molecule has 3 atom stereocenters. The van der Waals surface area contributed by atoms with Gasteiger partial charge in [-0.15, -0.1) is 11.3 Å². The van der Waals surface area contributed by atoms with Crippen molar-refractivity contribution in [3.63, 3.8) is 0 Å². The van der Waals surface area contributed by atoms with E-state index in [1.807, 2.05) is 6.07 Å². The molecule has 3 aromatic rings. The van der Waals surface area contributed by atoms with Crippen molar-refractivity contribution in [3.05, 3.63) is 55.8 Å².